The highest BCUT2D eigenvalue weighted by molar-refractivity contribution is 7.21. The van der Waals surface area contributed by atoms with Gasteiger partial charge in [0.15, 0.2) is 10.5 Å². The Morgan fingerprint density at radius 1 is 0.960 bits per heavy atom. The minimum atomic E-state index is 0.627. The summed E-state index contributed by atoms with van der Waals surface area (Å²) >= 11 is 1.49. The summed E-state index contributed by atoms with van der Waals surface area (Å²) in [6.07, 6.45) is 1.73. The molecule has 0 saturated heterocycles. The molecule has 0 N–H and O–H groups in total. The van der Waals surface area contributed by atoms with Gasteiger partial charge in [-0.3, -0.25) is 0 Å². The number of methoxy groups -OCH3 is 1. The van der Waals surface area contributed by atoms with Crippen LogP contribution in [0.4, 0.5) is 0 Å². The fraction of sp³-hybridized carbons (Fsp3) is 0.0526. The number of thiazole rings is 1. The topological polar surface area (TPSA) is 71.7 Å². The maximum absolute atomic E-state index is 8.89. The van der Waals surface area contributed by atoms with Crippen LogP contribution in [-0.2, 0) is 0 Å². The average Bonchev–Trinajstić information content (AvgIpc) is 3.11. The number of benzene rings is 2. The summed E-state index contributed by atoms with van der Waals surface area (Å²) in [5.41, 5.74) is 3.98. The highest BCUT2D eigenvalue weighted by Gasteiger charge is 2.10. The molecule has 120 valence electrons. The molecule has 0 atom stereocenters. The van der Waals surface area contributed by atoms with Gasteiger partial charge in [-0.1, -0.05) is 23.5 Å². The van der Waals surface area contributed by atoms with Crippen LogP contribution in [0.1, 0.15) is 5.56 Å². The second-order valence-corrected chi connectivity index (χ2v) is 6.30. The van der Waals surface area contributed by atoms with E-state index in [1.165, 1.54) is 11.3 Å². The molecule has 0 spiro atoms. The van der Waals surface area contributed by atoms with Crippen molar-refractivity contribution in [3.8, 4) is 33.6 Å². The second kappa shape index (κ2) is 6.30. The Kier molecular flexibility index (Phi) is 3.84. The highest BCUT2D eigenvalue weighted by Crippen LogP contribution is 2.30. The van der Waals surface area contributed by atoms with Gasteiger partial charge in [-0.25, -0.2) is 15.0 Å². The first-order valence-corrected chi connectivity index (χ1v) is 8.37. The first-order chi connectivity index (χ1) is 12.3. The second-order valence-electron chi connectivity index (χ2n) is 5.32. The molecule has 2 heterocycles. The van der Waals surface area contributed by atoms with Crippen LogP contribution in [0.2, 0.25) is 0 Å². The third-order valence-electron chi connectivity index (χ3n) is 3.77. The van der Waals surface area contributed by atoms with E-state index in [0.717, 1.165) is 32.4 Å². The summed E-state index contributed by atoms with van der Waals surface area (Å²) in [5.74, 6) is 0.804. The predicted molar refractivity (Wildman–Crippen MR) is 97.3 cm³/mol. The molecular weight excluding hydrogens is 332 g/mol. The molecular formula is C19H12N4OS. The van der Waals surface area contributed by atoms with Crippen molar-refractivity contribution in [1.29, 1.82) is 5.26 Å². The monoisotopic (exact) mass is 344 g/mol. The van der Waals surface area contributed by atoms with Gasteiger partial charge in [-0.15, -0.1) is 0 Å². The zero-order chi connectivity index (χ0) is 17.2. The molecule has 0 aliphatic rings. The minimum Gasteiger partial charge on any atom is -0.497 e. The van der Waals surface area contributed by atoms with Crippen molar-refractivity contribution in [2.45, 2.75) is 0 Å². The lowest BCUT2D eigenvalue weighted by Crippen LogP contribution is -1.87. The molecule has 0 amide bonds. The molecule has 0 fully saturated rings. The van der Waals surface area contributed by atoms with Gasteiger partial charge in [0.25, 0.3) is 0 Å². The van der Waals surface area contributed by atoms with Crippen molar-refractivity contribution >= 4 is 21.8 Å². The number of ether oxygens (including phenoxy) is 1. The Bertz CT molecular complexity index is 1080. The first-order valence-electron chi connectivity index (χ1n) is 7.55. The van der Waals surface area contributed by atoms with Gasteiger partial charge in [0.1, 0.15) is 10.8 Å². The standard InChI is InChI=1S/C19H12N4OS/c1-24-15-8-6-13(7-9-15)16-11-21-17-19(22-16)25-18(23-17)14-4-2-12(10-20)3-5-14/h2-9,11H,1H3. The van der Waals surface area contributed by atoms with Crippen LogP contribution in [0.5, 0.6) is 5.75 Å². The zero-order valence-electron chi connectivity index (χ0n) is 13.3. The van der Waals surface area contributed by atoms with E-state index in [1.807, 2.05) is 36.4 Å². The van der Waals surface area contributed by atoms with E-state index in [4.69, 9.17) is 10.00 Å². The van der Waals surface area contributed by atoms with Crippen molar-refractivity contribution in [2.24, 2.45) is 0 Å². The normalized spacial score (nSPS) is 10.6. The van der Waals surface area contributed by atoms with Gasteiger partial charge < -0.3 is 4.74 Å². The molecule has 6 heteroatoms. The van der Waals surface area contributed by atoms with E-state index in [9.17, 15) is 0 Å². The molecule has 0 aliphatic heterocycles. The Morgan fingerprint density at radius 3 is 2.36 bits per heavy atom. The zero-order valence-corrected chi connectivity index (χ0v) is 14.1. The number of aromatic nitrogens is 3. The smallest absolute Gasteiger partial charge is 0.190 e. The number of fused-ring (bicyclic) bond motifs is 1. The fourth-order valence-electron chi connectivity index (χ4n) is 2.43. The van der Waals surface area contributed by atoms with Crippen LogP contribution in [0.3, 0.4) is 0 Å². The van der Waals surface area contributed by atoms with E-state index < -0.39 is 0 Å². The summed E-state index contributed by atoms with van der Waals surface area (Å²) in [6, 6.07) is 17.2. The maximum atomic E-state index is 8.89. The van der Waals surface area contributed by atoms with E-state index >= 15 is 0 Å². The molecule has 0 unspecified atom stereocenters. The van der Waals surface area contributed by atoms with Crippen LogP contribution >= 0.6 is 11.3 Å². The van der Waals surface area contributed by atoms with E-state index in [-0.39, 0.29) is 0 Å². The number of nitriles is 1. The third kappa shape index (κ3) is 2.93. The predicted octanol–water partition coefficient (Wildman–Crippen LogP) is 4.30. The van der Waals surface area contributed by atoms with Crippen LogP contribution in [0, 0.1) is 11.3 Å². The molecule has 4 rings (SSSR count). The molecule has 0 aliphatic carbocycles. The summed E-state index contributed by atoms with van der Waals surface area (Å²) in [5, 5.41) is 9.73. The highest BCUT2D eigenvalue weighted by atomic mass is 32.1. The Balaban J connectivity index is 1.72. The fourth-order valence-corrected chi connectivity index (χ4v) is 3.34. The van der Waals surface area contributed by atoms with Crippen molar-refractivity contribution in [1.82, 2.24) is 15.0 Å². The van der Waals surface area contributed by atoms with E-state index in [2.05, 4.69) is 21.0 Å². The molecule has 0 bridgehead atoms. The van der Waals surface area contributed by atoms with Gasteiger partial charge >= 0.3 is 0 Å². The molecule has 2 aromatic heterocycles. The molecule has 0 radical (unpaired) electrons. The minimum absolute atomic E-state index is 0.627. The maximum Gasteiger partial charge on any atom is 0.190 e. The van der Waals surface area contributed by atoms with Gasteiger partial charge in [-0.05, 0) is 36.4 Å². The molecule has 25 heavy (non-hydrogen) atoms. The largest absolute Gasteiger partial charge is 0.497 e. The quantitative estimate of drug-likeness (QED) is 0.554. The van der Waals surface area contributed by atoms with Crippen molar-refractivity contribution in [3.63, 3.8) is 0 Å². The van der Waals surface area contributed by atoms with E-state index in [0.29, 0.717) is 11.2 Å². The lowest BCUT2D eigenvalue weighted by Gasteiger charge is -2.02. The van der Waals surface area contributed by atoms with Crippen molar-refractivity contribution < 1.29 is 4.74 Å². The number of hydrogen-bond acceptors (Lipinski definition) is 6. The van der Waals surface area contributed by atoms with Crippen molar-refractivity contribution in [3.05, 3.63) is 60.3 Å². The lowest BCUT2D eigenvalue weighted by atomic mass is 10.1. The van der Waals surface area contributed by atoms with Crippen LogP contribution in [0.25, 0.3) is 32.3 Å². The van der Waals surface area contributed by atoms with Gasteiger partial charge in [-0.2, -0.15) is 5.26 Å². The van der Waals surface area contributed by atoms with Gasteiger partial charge in [0, 0.05) is 11.1 Å². The summed E-state index contributed by atoms with van der Waals surface area (Å²) in [6.45, 7) is 0. The van der Waals surface area contributed by atoms with Gasteiger partial charge in [0.05, 0.1) is 30.6 Å². The van der Waals surface area contributed by atoms with Crippen LogP contribution in [-0.4, -0.2) is 22.1 Å². The number of rotatable bonds is 3. The number of hydrogen-bond donors (Lipinski definition) is 0. The van der Waals surface area contributed by atoms with Crippen molar-refractivity contribution in [2.75, 3.05) is 7.11 Å². The Hall–Kier alpha value is -3.30. The third-order valence-corrected chi connectivity index (χ3v) is 4.76. The Labute approximate surface area is 148 Å². The SMILES string of the molecule is COc1ccc(-c2cnc3nc(-c4ccc(C#N)cc4)sc3n2)cc1. The summed E-state index contributed by atoms with van der Waals surface area (Å²) < 4.78 is 5.18. The molecule has 2 aromatic carbocycles. The average molecular weight is 344 g/mol. The van der Waals surface area contributed by atoms with Crippen LogP contribution in [0.15, 0.2) is 54.7 Å². The number of nitrogens with zero attached hydrogens (tertiary/aromatic N) is 4. The molecule has 5 nitrogen and oxygen atoms in total. The van der Waals surface area contributed by atoms with E-state index in [1.54, 1.807) is 25.4 Å². The molecule has 4 aromatic rings. The summed E-state index contributed by atoms with van der Waals surface area (Å²) in [4.78, 5) is 14.4. The molecule has 0 saturated carbocycles. The lowest BCUT2D eigenvalue weighted by molar-refractivity contribution is 0.415. The first kappa shape index (κ1) is 15.2. The van der Waals surface area contributed by atoms with Crippen LogP contribution < -0.4 is 4.74 Å². The Morgan fingerprint density at radius 2 is 1.68 bits per heavy atom. The van der Waals surface area contributed by atoms with Gasteiger partial charge in [0.2, 0.25) is 0 Å². The summed E-state index contributed by atoms with van der Waals surface area (Å²) in [7, 11) is 1.64.